The average molecular weight is 330 g/mol. The summed E-state index contributed by atoms with van der Waals surface area (Å²) in [6.45, 7) is 3.80. The smallest absolute Gasteiger partial charge is 0.281 e. The molecule has 2 amide bonds. The van der Waals surface area contributed by atoms with Gasteiger partial charge in [-0.05, 0) is 31.5 Å². The molecule has 0 unspecified atom stereocenters. The SMILES string of the molecule is Cc1cc(C)c2c(N)c(C(=O)NNC(=O)c3ccoc3)sc2n1. The van der Waals surface area contributed by atoms with Crippen molar-refractivity contribution in [3.8, 4) is 0 Å². The van der Waals surface area contributed by atoms with E-state index in [1.54, 1.807) is 0 Å². The number of fused-ring (bicyclic) bond motifs is 1. The summed E-state index contributed by atoms with van der Waals surface area (Å²) in [6, 6.07) is 3.40. The zero-order chi connectivity index (χ0) is 16.6. The minimum atomic E-state index is -0.487. The van der Waals surface area contributed by atoms with Gasteiger partial charge in [0.15, 0.2) is 0 Å². The molecule has 3 rings (SSSR count). The normalized spacial score (nSPS) is 10.7. The van der Waals surface area contributed by atoms with Crippen LogP contribution < -0.4 is 16.6 Å². The van der Waals surface area contributed by atoms with Gasteiger partial charge >= 0.3 is 0 Å². The quantitative estimate of drug-likeness (QED) is 0.624. The zero-order valence-electron chi connectivity index (χ0n) is 12.5. The maximum atomic E-state index is 12.3. The number of hydrazine groups is 1. The highest BCUT2D eigenvalue weighted by atomic mass is 32.1. The third-order valence-corrected chi connectivity index (χ3v) is 4.40. The van der Waals surface area contributed by atoms with Crippen LogP contribution in [0.4, 0.5) is 5.69 Å². The molecule has 3 aromatic rings. The second-order valence-electron chi connectivity index (χ2n) is 5.03. The highest BCUT2D eigenvalue weighted by Crippen LogP contribution is 2.34. The number of nitrogen functional groups attached to an aromatic ring is 1. The molecule has 7 nitrogen and oxygen atoms in total. The molecule has 3 heterocycles. The van der Waals surface area contributed by atoms with E-state index < -0.39 is 11.8 Å². The number of furan rings is 1. The van der Waals surface area contributed by atoms with E-state index in [4.69, 9.17) is 10.2 Å². The van der Waals surface area contributed by atoms with Crippen LogP contribution in [0.15, 0.2) is 29.1 Å². The lowest BCUT2D eigenvalue weighted by Gasteiger charge is -2.05. The molecule has 118 valence electrons. The number of hydrogen-bond donors (Lipinski definition) is 3. The van der Waals surface area contributed by atoms with Crippen molar-refractivity contribution in [1.82, 2.24) is 15.8 Å². The molecule has 0 saturated carbocycles. The van der Waals surface area contributed by atoms with Crippen molar-refractivity contribution in [2.45, 2.75) is 13.8 Å². The lowest BCUT2D eigenvalue weighted by molar-refractivity contribution is 0.0849. The topological polar surface area (TPSA) is 110 Å². The number of amides is 2. The van der Waals surface area contributed by atoms with Crippen molar-refractivity contribution >= 4 is 39.1 Å². The third-order valence-electron chi connectivity index (χ3n) is 3.30. The molecule has 0 aliphatic carbocycles. The van der Waals surface area contributed by atoms with E-state index in [0.29, 0.717) is 21.0 Å². The molecule has 0 bridgehead atoms. The summed E-state index contributed by atoms with van der Waals surface area (Å²) < 4.78 is 4.81. The molecule has 0 aliphatic heterocycles. The van der Waals surface area contributed by atoms with E-state index in [9.17, 15) is 9.59 Å². The van der Waals surface area contributed by atoms with Crippen molar-refractivity contribution in [2.24, 2.45) is 0 Å². The number of aromatic nitrogens is 1. The van der Waals surface area contributed by atoms with Gasteiger partial charge in [-0.2, -0.15) is 0 Å². The maximum absolute atomic E-state index is 12.3. The van der Waals surface area contributed by atoms with Crippen LogP contribution in [0.2, 0.25) is 0 Å². The Morgan fingerprint density at radius 2 is 2.00 bits per heavy atom. The van der Waals surface area contributed by atoms with E-state index in [-0.39, 0.29) is 0 Å². The summed E-state index contributed by atoms with van der Waals surface area (Å²) in [5.41, 5.74) is 13.2. The number of hydrogen-bond acceptors (Lipinski definition) is 6. The Morgan fingerprint density at radius 3 is 2.70 bits per heavy atom. The number of nitrogens with zero attached hydrogens (tertiary/aromatic N) is 1. The van der Waals surface area contributed by atoms with Crippen molar-refractivity contribution in [2.75, 3.05) is 5.73 Å². The molecular weight excluding hydrogens is 316 g/mol. The molecule has 0 aromatic carbocycles. The second kappa shape index (κ2) is 5.73. The molecule has 0 aliphatic rings. The van der Waals surface area contributed by atoms with E-state index in [1.807, 2.05) is 19.9 Å². The molecule has 0 saturated heterocycles. The number of carbonyl (C=O) groups excluding carboxylic acids is 2. The Hall–Kier alpha value is -2.87. The fraction of sp³-hybridized carbons (Fsp3) is 0.133. The average Bonchev–Trinajstić information content (AvgIpc) is 3.12. The number of aryl methyl sites for hydroxylation is 2. The second-order valence-corrected chi connectivity index (χ2v) is 6.02. The predicted molar refractivity (Wildman–Crippen MR) is 87.1 cm³/mol. The fourth-order valence-electron chi connectivity index (χ4n) is 2.27. The van der Waals surface area contributed by atoms with Gasteiger partial charge in [0.05, 0.1) is 17.5 Å². The highest BCUT2D eigenvalue weighted by Gasteiger charge is 2.19. The van der Waals surface area contributed by atoms with Crippen molar-refractivity contribution in [1.29, 1.82) is 0 Å². The number of thiophene rings is 1. The van der Waals surface area contributed by atoms with Crippen LogP contribution in [-0.2, 0) is 0 Å². The van der Waals surface area contributed by atoms with Gasteiger partial charge in [0.2, 0.25) is 0 Å². The molecule has 0 fully saturated rings. The van der Waals surface area contributed by atoms with Crippen LogP contribution in [0.25, 0.3) is 10.2 Å². The van der Waals surface area contributed by atoms with Crippen LogP contribution in [0.1, 0.15) is 31.3 Å². The standard InChI is InChI=1S/C15H14N4O3S/c1-7-5-8(2)17-15-10(7)11(16)12(23-15)14(21)19-18-13(20)9-3-4-22-6-9/h3-6H,16H2,1-2H3,(H,18,20)(H,19,21). The number of pyridine rings is 1. The molecule has 0 radical (unpaired) electrons. The zero-order valence-corrected chi connectivity index (χ0v) is 13.3. The lowest BCUT2D eigenvalue weighted by atomic mass is 10.1. The maximum Gasteiger partial charge on any atom is 0.281 e. The fourth-order valence-corrected chi connectivity index (χ4v) is 3.39. The first kappa shape index (κ1) is 15.0. The molecule has 23 heavy (non-hydrogen) atoms. The van der Waals surface area contributed by atoms with E-state index >= 15 is 0 Å². The summed E-state index contributed by atoms with van der Waals surface area (Å²) in [4.78, 5) is 29.4. The number of anilines is 1. The van der Waals surface area contributed by atoms with Crippen LogP contribution in [0, 0.1) is 13.8 Å². The number of carbonyl (C=O) groups is 2. The molecule has 4 N–H and O–H groups in total. The Bertz CT molecular complexity index is 899. The van der Waals surface area contributed by atoms with Gasteiger partial charge in [-0.15, -0.1) is 11.3 Å². The third kappa shape index (κ3) is 2.76. The number of nitrogens with two attached hydrogens (primary N) is 1. The molecule has 0 spiro atoms. The minimum absolute atomic E-state index is 0.308. The first-order chi connectivity index (χ1) is 11.0. The van der Waals surface area contributed by atoms with Gasteiger partial charge < -0.3 is 10.2 Å². The molecule has 3 aromatic heterocycles. The Morgan fingerprint density at radius 1 is 1.26 bits per heavy atom. The first-order valence-electron chi connectivity index (χ1n) is 6.76. The molecular formula is C15H14N4O3S. The lowest BCUT2D eigenvalue weighted by Crippen LogP contribution is -2.41. The van der Waals surface area contributed by atoms with Crippen molar-refractivity contribution < 1.29 is 14.0 Å². The highest BCUT2D eigenvalue weighted by molar-refractivity contribution is 7.21. The van der Waals surface area contributed by atoms with E-state index in [1.165, 1.54) is 29.9 Å². The van der Waals surface area contributed by atoms with Gasteiger partial charge in [0.1, 0.15) is 16.0 Å². The van der Waals surface area contributed by atoms with Gasteiger partial charge in [0.25, 0.3) is 11.8 Å². The monoisotopic (exact) mass is 330 g/mol. The van der Waals surface area contributed by atoms with Crippen molar-refractivity contribution in [3.05, 3.63) is 46.4 Å². The van der Waals surface area contributed by atoms with E-state index in [2.05, 4.69) is 15.8 Å². The Labute approximate surface area is 135 Å². The predicted octanol–water partition coefficient (Wildman–Crippen LogP) is 2.16. The summed E-state index contributed by atoms with van der Waals surface area (Å²) in [5, 5.41) is 0.770. The minimum Gasteiger partial charge on any atom is -0.472 e. The van der Waals surface area contributed by atoms with Crippen molar-refractivity contribution in [3.63, 3.8) is 0 Å². The Balaban J connectivity index is 1.83. The van der Waals surface area contributed by atoms with E-state index in [0.717, 1.165) is 16.6 Å². The number of rotatable bonds is 2. The van der Waals surface area contributed by atoms with Crippen LogP contribution in [0.3, 0.4) is 0 Å². The summed E-state index contributed by atoms with van der Waals surface area (Å²) in [6.07, 6.45) is 2.66. The Kier molecular flexibility index (Phi) is 3.75. The molecule has 8 heteroatoms. The summed E-state index contributed by atoms with van der Waals surface area (Å²) >= 11 is 1.19. The largest absolute Gasteiger partial charge is 0.472 e. The van der Waals surface area contributed by atoms with Gasteiger partial charge in [-0.25, -0.2) is 4.98 Å². The molecule has 0 atom stereocenters. The van der Waals surface area contributed by atoms with Crippen LogP contribution in [0.5, 0.6) is 0 Å². The van der Waals surface area contributed by atoms with Crippen LogP contribution in [-0.4, -0.2) is 16.8 Å². The van der Waals surface area contributed by atoms with Crippen LogP contribution >= 0.6 is 11.3 Å². The van der Waals surface area contributed by atoms with Gasteiger partial charge in [-0.3, -0.25) is 20.4 Å². The van der Waals surface area contributed by atoms with Gasteiger partial charge in [-0.1, -0.05) is 0 Å². The number of nitrogens with one attached hydrogen (secondary N) is 2. The summed E-state index contributed by atoms with van der Waals surface area (Å²) in [7, 11) is 0. The van der Waals surface area contributed by atoms with Gasteiger partial charge in [0, 0.05) is 11.1 Å². The first-order valence-corrected chi connectivity index (χ1v) is 7.58. The summed E-state index contributed by atoms with van der Waals surface area (Å²) in [5.74, 6) is -0.962.